The molecule has 2 aliphatic rings. The highest BCUT2D eigenvalue weighted by molar-refractivity contribution is 5.66. The van der Waals surface area contributed by atoms with Gasteiger partial charge >= 0.3 is 5.97 Å². The van der Waals surface area contributed by atoms with E-state index in [1.165, 1.54) is 38.8 Å². The monoisotopic (exact) mass is 283 g/mol. The van der Waals surface area contributed by atoms with Gasteiger partial charge < -0.3 is 19.8 Å². The van der Waals surface area contributed by atoms with Crippen molar-refractivity contribution in [1.82, 2.24) is 14.7 Å². The van der Waals surface area contributed by atoms with E-state index in [4.69, 9.17) is 5.11 Å². The fourth-order valence-corrected chi connectivity index (χ4v) is 3.33. The largest absolute Gasteiger partial charge is 0.481 e. The van der Waals surface area contributed by atoms with Gasteiger partial charge in [-0.3, -0.25) is 4.79 Å². The van der Waals surface area contributed by atoms with E-state index in [1.807, 2.05) is 0 Å². The number of carboxylic acids is 1. The molecule has 116 valence electrons. The van der Waals surface area contributed by atoms with Crippen LogP contribution in [-0.4, -0.2) is 84.7 Å². The predicted molar refractivity (Wildman–Crippen MR) is 80.0 cm³/mol. The molecule has 0 aromatic heterocycles. The molecule has 2 rings (SSSR count). The average molecular weight is 283 g/mol. The first-order valence-corrected chi connectivity index (χ1v) is 8.02. The molecule has 1 N–H and O–H groups in total. The third-order valence-corrected chi connectivity index (χ3v) is 4.81. The van der Waals surface area contributed by atoms with Crippen LogP contribution in [0.5, 0.6) is 0 Å². The van der Waals surface area contributed by atoms with Crippen LogP contribution in [0.3, 0.4) is 0 Å². The fourth-order valence-electron chi connectivity index (χ4n) is 3.33. The Morgan fingerprint density at radius 2 is 1.70 bits per heavy atom. The number of hydrogen-bond acceptors (Lipinski definition) is 4. The lowest BCUT2D eigenvalue weighted by Crippen LogP contribution is -2.48. The summed E-state index contributed by atoms with van der Waals surface area (Å²) in [7, 11) is 2.26. The maximum atomic E-state index is 10.6. The van der Waals surface area contributed by atoms with Gasteiger partial charge in [-0.2, -0.15) is 0 Å². The molecule has 0 bridgehead atoms. The quantitative estimate of drug-likeness (QED) is 0.786. The highest BCUT2D eigenvalue weighted by atomic mass is 16.4. The number of piperazine rings is 1. The summed E-state index contributed by atoms with van der Waals surface area (Å²) >= 11 is 0. The molecule has 2 heterocycles. The van der Waals surface area contributed by atoms with Crippen molar-refractivity contribution in [3.8, 4) is 0 Å². The Kier molecular flexibility index (Phi) is 6.26. The van der Waals surface area contributed by atoms with Crippen molar-refractivity contribution >= 4 is 5.97 Å². The van der Waals surface area contributed by atoms with Gasteiger partial charge in [0.25, 0.3) is 0 Å². The number of hydrogen-bond donors (Lipinski definition) is 1. The van der Waals surface area contributed by atoms with Gasteiger partial charge in [-0.05, 0) is 39.4 Å². The number of likely N-dealkylation sites (tertiary alicyclic amines) is 1. The number of nitrogens with zero attached hydrogens (tertiary/aromatic N) is 3. The summed E-state index contributed by atoms with van der Waals surface area (Å²) in [6.07, 6.45) is 5.65. The maximum absolute atomic E-state index is 10.6. The molecule has 20 heavy (non-hydrogen) atoms. The van der Waals surface area contributed by atoms with Crippen molar-refractivity contribution in [3.05, 3.63) is 0 Å². The van der Waals surface area contributed by atoms with Crippen molar-refractivity contribution in [3.63, 3.8) is 0 Å². The number of piperidine rings is 1. The zero-order valence-electron chi connectivity index (χ0n) is 12.8. The van der Waals surface area contributed by atoms with E-state index in [2.05, 4.69) is 21.7 Å². The van der Waals surface area contributed by atoms with Gasteiger partial charge in [-0.25, -0.2) is 0 Å². The van der Waals surface area contributed by atoms with Crippen LogP contribution in [0.1, 0.15) is 32.1 Å². The molecule has 0 spiro atoms. The summed E-state index contributed by atoms with van der Waals surface area (Å²) < 4.78 is 0. The number of carboxylic acid groups (broad SMARTS) is 1. The Bertz CT molecular complexity index is 303. The van der Waals surface area contributed by atoms with Crippen LogP contribution in [0.2, 0.25) is 0 Å². The first-order chi connectivity index (χ1) is 9.65. The minimum absolute atomic E-state index is 0.271. The molecule has 1 unspecified atom stereocenters. The highest BCUT2D eigenvalue weighted by Crippen LogP contribution is 2.18. The first-order valence-electron chi connectivity index (χ1n) is 8.02. The van der Waals surface area contributed by atoms with E-state index in [-0.39, 0.29) is 6.42 Å². The molecule has 0 aromatic rings. The SMILES string of the molecule is CN1CCCCC1CCN1CCN(CCC(=O)O)CC1. The maximum Gasteiger partial charge on any atom is 0.304 e. The third kappa shape index (κ3) is 5.04. The second-order valence-corrected chi connectivity index (χ2v) is 6.25. The van der Waals surface area contributed by atoms with Gasteiger partial charge in [0.2, 0.25) is 0 Å². The standard InChI is InChI=1S/C15H29N3O2/c1-16-7-3-2-4-14(16)5-8-17-10-12-18(13-11-17)9-6-15(19)20/h14H,2-13H2,1H3,(H,19,20). The fraction of sp³-hybridized carbons (Fsp3) is 0.933. The summed E-state index contributed by atoms with van der Waals surface area (Å²) in [5.74, 6) is -0.687. The van der Waals surface area contributed by atoms with Crippen molar-refractivity contribution in [2.24, 2.45) is 0 Å². The summed E-state index contributed by atoms with van der Waals surface area (Å²) in [4.78, 5) is 17.9. The smallest absolute Gasteiger partial charge is 0.304 e. The van der Waals surface area contributed by atoms with Crippen LogP contribution in [-0.2, 0) is 4.79 Å². The Hall–Kier alpha value is -0.650. The molecular weight excluding hydrogens is 254 g/mol. The predicted octanol–water partition coefficient (Wildman–Crippen LogP) is 0.953. The lowest BCUT2D eigenvalue weighted by Gasteiger charge is -2.37. The molecular formula is C15H29N3O2. The van der Waals surface area contributed by atoms with Gasteiger partial charge in [0.1, 0.15) is 0 Å². The normalized spacial score (nSPS) is 26.8. The molecule has 5 heteroatoms. The van der Waals surface area contributed by atoms with E-state index in [9.17, 15) is 4.79 Å². The third-order valence-electron chi connectivity index (χ3n) is 4.81. The minimum Gasteiger partial charge on any atom is -0.481 e. The number of carbonyl (C=O) groups is 1. The Labute approximate surface area is 122 Å². The summed E-state index contributed by atoms with van der Waals surface area (Å²) in [5, 5.41) is 8.71. The summed E-state index contributed by atoms with van der Waals surface area (Å²) in [6, 6.07) is 0.772. The van der Waals surface area contributed by atoms with E-state index < -0.39 is 5.97 Å². The molecule has 2 saturated heterocycles. The number of rotatable bonds is 6. The van der Waals surface area contributed by atoms with Crippen molar-refractivity contribution in [1.29, 1.82) is 0 Å². The van der Waals surface area contributed by atoms with E-state index in [1.54, 1.807) is 0 Å². The molecule has 0 amide bonds. The lowest BCUT2D eigenvalue weighted by molar-refractivity contribution is -0.137. The molecule has 2 fully saturated rings. The molecule has 2 aliphatic heterocycles. The Balaban J connectivity index is 1.60. The Morgan fingerprint density at radius 1 is 1.05 bits per heavy atom. The zero-order chi connectivity index (χ0) is 14.4. The molecule has 0 saturated carbocycles. The van der Waals surface area contributed by atoms with Crippen molar-refractivity contribution < 1.29 is 9.90 Å². The van der Waals surface area contributed by atoms with Gasteiger partial charge in [0.15, 0.2) is 0 Å². The average Bonchev–Trinajstić information content (AvgIpc) is 2.45. The molecule has 1 atom stereocenters. The van der Waals surface area contributed by atoms with Gasteiger partial charge in [0.05, 0.1) is 6.42 Å². The van der Waals surface area contributed by atoms with Crippen LogP contribution in [0.25, 0.3) is 0 Å². The zero-order valence-corrected chi connectivity index (χ0v) is 12.8. The van der Waals surface area contributed by atoms with E-state index in [0.717, 1.165) is 32.2 Å². The van der Waals surface area contributed by atoms with Crippen LogP contribution in [0.15, 0.2) is 0 Å². The van der Waals surface area contributed by atoms with Crippen molar-refractivity contribution in [2.45, 2.75) is 38.1 Å². The van der Waals surface area contributed by atoms with Crippen LogP contribution in [0.4, 0.5) is 0 Å². The summed E-state index contributed by atoms with van der Waals surface area (Å²) in [5.41, 5.74) is 0. The minimum atomic E-state index is -0.687. The van der Waals surface area contributed by atoms with Gasteiger partial charge in [-0.15, -0.1) is 0 Å². The first kappa shape index (κ1) is 15.7. The van der Waals surface area contributed by atoms with Gasteiger partial charge in [-0.1, -0.05) is 6.42 Å². The molecule has 0 aliphatic carbocycles. The van der Waals surface area contributed by atoms with Crippen LogP contribution < -0.4 is 0 Å². The van der Waals surface area contributed by atoms with Crippen LogP contribution in [0, 0.1) is 0 Å². The Morgan fingerprint density at radius 3 is 2.30 bits per heavy atom. The van der Waals surface area contributed by atoms with Crippen molar-refractivity contribution in [2.75, 3.05) is 52.9 Å². The van der Waals surface area contributed by atoms with E-state index >= 15 is 0 Å². The highest BCUT2D eigenvalue weighted by Gasteiger charge is 2.21. The molecule has 0 aromatic carbocycles. The van der Waals surface area contributed by atoms with Crippen LogP contribution >= 0.6 is 0 Å². The van der Waals surface area contributed by atoms with Gasteiger partial charge in [0, 0.05) is 38.8 Å². The second-order valence-electron chi connectivity index (χ2n) is 6.25. The number of aliphatic carboxylic acids is 1. The van der Waals surface area contributed by atoms with E-state index in [0.29, 0.717) is 6.54 Å². The second kappa shape index (κ2) is 7.96. The summed E-state index contributed by atoms with van der Waals surface area (Å²) in [6.45, 7) is 7.39. The lowest BCUT2D eigenvalue weighted by atomic mass is 10.00. The topological polar surface area (TPSA) is 47.0 Å². The molecule has 5 nitrogen and oxygen atoms in total. The molecule has 0 radical (unpaired) electrons.